The molecule has 0 saturated carbocycles. The smallest absolute Gasteiger partial charge is 0.411 e. The van der Waals surface area contributed by atoms with Crippen LogP contribution in [0.15, 0.2) is 72.8 Å². The van der Waals surface area contributed by atoms with Gasteiger partial charge in [0.05, 0.1) is 5.92 Å². The number of rotatable bonds is 9. The molecule has 0 saturated heterocycles. The van der Waals surface area contributed by atoms with Gasteiger partial charge in [0, 0.05) is 23.7 Å². The van der Waals surface area contributed by atoms with E-state index in [1.807, 2.05) is 31.2 Å². The minimum atomic E-state index is -0.933. The zero-order chi connectivity index (χ0) is 24.8. The van der Waals surface area contributed by atoms with E-state index in [9.17, 15) is 19.5 Å². The van der Waals surface area contributed by atoms with Crippen molar-refractivity contribution in [3.63, 3.8) is 0 Å². The molecular formula is C28H28N2O5. The number of fused-ring (bicyclic) bond motifs is 3. The van der Waals surface area contributed by atoms with Crippen LogP contribution in [0.3, 0.4) is 0 Å². The van der Waals surface area contributed by atoms with Gasteiger partial charge in [0.25, 0.3) is 5.91 Å². The molecule has 0 fully saturated rings. The maximum absolute atomic E-state index is 12.5. The molecular weight excluding hydrogens is 444 g/mol. The third-order valence-corrected chi connectivity index (χ3v) is 6.21. The molecule has 1 unspecified atom stereocenters. The fourth-order valence-corrected chi connectivity index (χ4v) is 4.47. The molecule has 2 amide bonds. The number of amides is 2. The molecule has 0 aromatic heterocycles. The van der Waals surface area contributed by atoms with Crippen molar-refractivity contribution in [1.82, 2.24) is 5.32 Å². The number of carbonyl (C=O) groups is 3. The maximum Gasteiger partial charge on any atom is 0.411 e. The zero-order valence-corrected chi connectivity index (χ0v) is 19.5. The largest absolute Gasteiger partial charge is 0.481 e. The summed E-state index contributed by atoms with van der Waals surface area (Å²) in [5.74, 6) is -2.01. The highest BCUT2D eigenvalue weighted by molar-refractivity contribution is 5.96. The van der Waals surface area contributed by atoms with Crippen LogP contribution >= 0.6 is 0 Å². The third-order valence-electron chi connectivity index (χ3n) is 6.21. The molecule has 4 rings (SSSR count). The normalized spacial score (nSPS) is 12.8. The first kappa shape index (κ1) is 24.0. The summed E-state index contributed by atoms with van der Waals surface area (Å²) in [7, 11) is 0. The molecule has 180 valence electrons. The van der Waals surface area contributed by atoms with Gasteiger partial charge in [-0.1, -0.05) is 67.9 Å². The van der Waals surface area contributed by atoms with E-state index in [-0.39, 0.29) is 19.1 Å². The van der Waals surface area contributed by atoms with Crippen LogP contribution < -0.4 is 10.6 Å². The van der Waals surface area contributed by atoms with Crippen molar-refractivity contribution < 1.29 is 24.2 Å². The lowest BCUT2D eigenvalue weighted by Gasteiger charge is -2.15. The number of aliphatic carboxylic acids is 1. The lowest BCUT2D eigenvalue weighted by atomic mass is 9.98. The fraction of sp³-hybridized carbons (Fsp3) is 0.250. The maximum atomic E-state index is 12.5. The number of carbonyl (C=O) groups excluding carboxylic acids is 2. The first-order valence-corrected chi connectivity index (χ1v) is 11.7. The van der Waals surface area contributed by atoms with Gasteiger partial charge in [-0.05, 0) is 46.9 Å². The van der Waals surface area contributed by atoms with Crippen molar-refractivity contribution in [2.24, 2.45) is 5.92 Å². The summed E-state index contributed by atoms with van der Waals surface area (Å²) < 4.78 is 5.56. The molecule has 35 heavy (non-hydrogen) atoms. The summed E-state index contributed by atoms with van der Waals surface area (Å²) in [5, 5.41) is 14.6. The summed E-state index contributed by atoms with van der Waals surface area (Å²) in [6.07, 6.45) is 0.587. The molecule has 0 heterocycles. The molecule has 0 bridgehead atoms. The molecule has 1 atom stereocenters. The second-order valence-corrected chi connectivity index (χ2v) is 8.57. The predicted molar refractivity (Wildman–Crippen MR) is 134 cm³/mol. The van der Waals surface area contributed by atoms with Gasteiger partial charge < -0.3 is 15.2 Å². The first-order valence-electron chi connectivity index (χ1n) is 11.7. The van der Waals surface area contributed by atoms with Crippen molar-refractivity contribution in [3.8, 4) is 11.1 Å². The standard InChI is InChI=1S/C28H28N2O5/c1-2-8-19(27(32)33)16-29-26(31)18-9-7-10-20(15-18)30-28(34)35-17-25-23-13-5-3-11-21(23)22-12-4-6-14-24(22)25/h3-7,9-15,19,25H,2,8,16-17H2,1H3,(H,29,31)(H,30,34)(H,32,33). The molecule has 1 aliphatic carbocycles. The molecule has 3 aromatic carbocycles. The van der Waals surface area contributed by atoms with Crippen LogP contribution in [0.5, 0.6) is 0 Å². The fourth-order valence-electron chi connectivity index (χ4n) is 4.47. The van der Waals surface area contributed by atoms with E-state index in [4.69, 9.17) is 4.74 Å². The van der Waals surface area contributed by atoms with Gasteiger partial charge in [0.15, 0.2) is 0 Å². The Labute approximate surface area is 204 Å². The predicted octanol–water partition coefficient (Wildman–Crippen LogP) is 5.28. The van der Waals surface area contributed by atoms with E-state index in [1.165, 1.54) is 6.07 Å². The quantitative estimate of drug-likeness (QED) is 0.393. The highest BCUT2D eigenvalue weighted by Gasteiger charge is 2.29. The number of ether oxygens (including phenoxy) is 1. The minimum Gasteiger partial charge on any atom is -0.481 e. The van der Waals surface area contributed by atoms with E-state index >= 15 is 0 Å². The molecule has 1 aliphatic rings. The highest BCUT2D eigenvalue weighted by Crippen LogP contribution is 2.44. The lowest BCUT2D eigenvalue weighted by Crippen LogP contribution is -2.33. The second kappa shape index (κ2) is 10.9. The number of nitrogens with one attached hydrogen (secondary N) is 2. The van der Waals surface area contributed by atoms with E-state index in [0.717, 1.165) is 22.3 Å². The molecule has 7 nitrogen and oxygen atoms in total. The van der Waals surface area contributed by atoms with E-state index in [0.29, 0.717) is 24.1 Å². The Bertz CT molecular complexity index is 1190. The van der Waals surface area contributed by atoms with Gasteiger partial charge in [-0.2, -0.15) is 0 Å². The number of hydrogen-bond donors (Lipinski definition) is 3. The molecule has 7 heteroatoms. The van der Waals surface area contributed by atoms with Gasteiger partial charge in [0.2, 0.25) is 0 Å². The first-order chi connectivity index (χ1) is 17.0. The topological polar surface area (TPSA) is 105 Å². The Balaban J connectivity index is 1.36. The number of carboxylic acids is 1. The van der Waals surface area contributed by atoms with Crippen LogP contribution in [0.2, 0.25) is 0 Å². The number of carboxylic acid groups (broad SMARTS) is 1. The van der Waals surface area contributed by atoms with Crippen LogP contribution in [0, 0.1) is 5.92 Å². The van der Waals surface area contributed by atoms with Crippen molar-refractivity contribution in [3.05, 3.63) is 89.5 Å². The number of anilines is 1. The van der Waals surface area contributed by atoms with E-state index in [2.05, 4.69) is 34.9 Å². The summed E-state index contributed by atoms with van der Waals surface area (Å²) in [4.78, 5) is 36.3. The Kier molecular flexibility index (Phi) is 7.45. The number of hydrogen-bond acceptors (Lipinski definition) is 4. The summed E-state index contributed by atoms with van der Waals surface area (Å²) in [6.45, 7) is 2.14. The molecule has 3 N–H and O–H groups in total. The van der Waals surface area contributed by atoms with E-state index in [1.54, 1.807) is 18.2 Å². The molecule has 0 radical (unpaired) electrons. The monoisotopic (exact) mass is 472 g/mol. The zero-order valence-electron chi connectivity index (χ0n) is 19.5. The Morgan fingerprint density at radius 1 is 0.943 bits per heavy atom. The van der Waals surface area contributed by atoms with Crippen molar-refractivity contribution in [1.29, 1.82) is 0 Å². The Hall–Kier alpha value is -4.13. The second-order valence-electron chi connectivity index (χ2n) is 8.57. The van der Waals surface area contributed by atoms with Crippen molar-refractivity contribution in [2.45, 2.75) is 25.7 Å². The van der Waals surface area contributed by atoms with Crippen LogP contribution in [-0.4, -0.2) is 36.2 Å². The van der Waals surface area contributed by atoms with Crippen LogP contribution in [-0.2, 0) is 9.53 Å². The minimum absolute atomic E-state index is 0.0458. The van der Waals surface area contributed by atoms with Gasteiger partial charge >= 0.3 is 12.1 Å². The van der Waals surface area contributed by atoms with Gasteiger partial charge in [-0.25, -0.2) is 4.79 Å². The lowest BCUT2D eigenvalue weighted by molar-refractivity contribution is -0.141. The van der Waals surface area contributed by atoms with Crippen LogP contribution in [0.25, 0.3) is 11.1 Å². The van der Waals surface area contributed by atoms with E-state index < -0.39 is 23.9 Å². The Morgan fingerprint density at radius 3 is 2.23 bits per heavy atom. The SMILES string of the molecule is CCCC(CNC(=O)c1cccc(NC(=O)OCC2c3ccccc3-c3ccccc32)c1)C(=O)O. The summed E-state index contributed by atoms with van der Waals surface area (Å²) in [6, 6.07) is 22.7. The highest BCUT2D eigenvalue weighted by atomic mass is 16.5. The van der Waals surface area contributed by atoms with Gasteiger partial charge in [-0.3, -0.25) is 14.9 Å². The summed E-state index contributed by atoms with van der Waals surface area (Å²) >= 11 is 0. The molecule has 3 aromatic rings. The summed E-state index contributed by atoms with van der Waals surface area (Å²) in [5.41, 5.74) is 5.30. The van der Waals surface area contributed by atoms with Gasteiger partial charge in [-0.15, -0.1) is 0 Å². The van der Waals surface area contributed by atoms with Crippen LogP contribution in [0.1, 0.15) is 47.2 Å². The average Bonchev–Trinajstić information content (AvgIpc) is 3.19. The van der Waals surface area contributed by atoms with Crippen molar-refractivity contribution >= 4 is 23.7 Å². The third kappa shape index (κ3) is 5.51. The van der Waals surface area contributed by atoms with Crippen molar-refractivity contribution in [2.75, 3.05) is 18.5 Å². The Morgan fingerprint density at radius 2 is 1.60 bits per heavy atom. The molecule has 0 spiro atoms. The van der Waals surface area contributed by atoms with Gasteiger partial charge in [0.1, 0.15) is 6.61 Å². The average molecular weight is 473 g/mol. The molecule has 0 aliphatic heterocycles. The van der Waals surface area contributed by atoms with Crippen LogP contribution in [0.4, 0.5) is 10.5 Å². The number of benzene rings is 3.